The molecule has 1 aliphatic carbocycles. The summed E-state index contributed by atoms with van der Waals surface area (Å²) in [4.78, 5) is 17.8. The first kappa shape index (κ1) is 19.4. The van der Waals surface area contributed by atoms with Gasteiger partial charge in [-0.2, -0.15) is 5.10 Å². The molecule has 5 nitrogen and oxygen atoms in total. The van der Waals surface area contributed by atoms with Crippen molar-refractivity contribution in [1.82, 2.24) is 14.8 Å². The van der Waals surface area contributed by atoms with Crippen molar-refractivity contribution in [2.45, 2.75) is 32.2 Å². The third kappa shape index (κ3) is 3.91. The van der Waals surface area contributed by atoms with E-state index in [2.05, 4.69) is 15.4 Å². The minimum Gasteiger partial charge on any atom is -0.319 e. The van der Waals surface area contributed by atoms with Gasteiger partial charge in [-0.3, -0.25) is 14.5 Å². The minimum atomic E-state index is -0.411. The molecule has 0 spiro atoms. The predicted molar refractivity (Wildman–Crippen MR) is 114 cm³/mol. The molecule has 5 rings (SSSR count). The van der Waals surface area contributed by atoms with Crippen LogP contribution in [0.4, 0.5) is 14.5 Å². The standard InChI is InChI=1S/C24H20F2N4O/c1-14-23(12-27-30(14)13-15-2-6-17(25)7-3-15)29-24(31)20-11-22(16-4-5-16)28-21-9-8-18(26)10-19(20)21/h2-3,6-12,16H,4-5,13H2,1H3,(H,29,31). The Morgan fingerprint density at radius 2 is 1.84 bits per heavy atom. The maximum atomic E-state index is 13.9. The van der Waals surface area contributed by atoms with Crippen LogP contribution in [0.1, 0.15) is 46.1 Å². The second-order valence-electron chi connectivity index (χ2n) is 7.91. The van der Waals surface area contributed by atoms with Crippen molar-refractivity contribution in [2.24, 2.45) is 0 Å². The maximum Gasteiger partial charge on any atom is 0.256 e. The van der Waals surface area contributed by atoms with E-state index in [0.717, 1.165) is 29.8 Å². The molecule has 1 aliphatic rings. The van der Waals surface area contributed by atoms with E-state index >= 15 is 0 Å². The monoisotopic (exact) mass is 418 g/mol. The molecule has 2 aromatic carbocycles. The summed E-state index contributed by atoms with van der Waals surface area (Å²) in [6.45, 7) is 2.31. The number of pyridine rings is 1. The first-order valence-electron chi connectivity index (χ1n) is 10.2. The van der Waals surface area contributed by atoms with Crippen molar-refractivity contribution in [3.63, 3.8) is 0 Å². The summed E-state index contributed by atoms with van der Waals surface area (Å²) in [5, 5.41) is 7.74. The molecule has 0 saturated heterocycles. The lowest BCUT2D eigenvalue weighted by molar-refractivity contribution is 0.102. The number of rotatable bonds is 5. The van der Waals surface area contributed by atoms with Gasteiger partial charge >= 0.3 is 0 Å². The minimum absolute atomic E-state index is 0.291. The smallest absolute Gasteiger partial charge is 0.256 e. The number of carbonyl (C=O) groups excluding carboxylic acids is 1. The fourth-order valence-corrected chi connectivity index (χ4v) is 3.68. The van der Waals surface area contributed by atoms with E-state index in [9.17, 15) is 13.6 Å². The van der Waals surface area contributed by atoms with Gasteiger partial charge in [0.05, 0.1) is 35.2 Å². The molecule has 1 N–H and O–H groups in total. The zero-order chi connectivity index (χ0) is 21.5. The Labute approximate surface area is 177 Å². The topological polar surface area (TPSA) is 59.8 Å². The van der Waals surface area contributed by atoms with E-state index < -0.39 is 5.82 Å². The Balaban J connectivity index is 1.44. The number of aromatic nitrogens is 3. The summed E-state index contributed by atoms with van der Waals surface area (Å²) in [5.41, 5.74) is 4.12. The van der Waals surface area contributed by atoms with Crippen LogP contribution >= 0.6 is 0 Å². The van der Waals surface area contributed by atoms with Crippen LogP contribution in [0.3, 0.4) is 0 Å². The SMILES string of the molecule is Cc1c(NC(=O)c2cc(C3CC3)nc3ccc(F)cc23)cnn1Cc1ccc(F)cc1. The fraction of sp³-hybridized carbons (Fsp3) is 0.208. The molecule has 0 bridgehead atoms. The van der Waals surface area contributed by atoms with Crippen LogP contribution in [0, 0.1) is 18.6 Å². The van der Waals surface area contributed by atoms with E-state index in [1.54, 1.807) is 35.1 Å². The van der Waals surface area contributed by atoms with Gasteiger partial charge in [0, 0.05) is 17.0 Å². The normalized spacial score (nSPS) is 13.5. The van der Waals surface area contributed by atoms with E-state index in [4.69, 9.17) is 0 Å². The number of benzene rings is 2. The first-order valence-corrected chi connectivity index (χ1v) is 10.2. The van der Waals surface area contributed by atoms with Crippen molar-refractivity contribution >= 4 is 22.5 Å². The molecule has 31 heavy (non-hydrogen) atoms. The number of carbonyl (C=O) groups is 1. The number of nitrogens with zero attached hydrogens (tertiary/aromatic N) is 3. The van der Waals surface area contributed by atoms with Crippen molar-refractivity contribution in [2.75, 3.05) is 5.32 Å². The van der Waals surface area contributed by atoms with Crippen LogP contribution in [0.15, 0.2) is 54.7 Å². The molecule has 1 fully saturated rings. The van der Waals surface area contributed by atoms with Crippen LogP contribution in [0.25, 0.3) is 10.9 Å². The third-order valence-electron chi connectivity index (χ3n) is 5.63. The van der Waals surface area contributed by atoms with Crippen LogP contribution in [-0.4, -0.2) is 20.7 Å². The first-order chi connectivity index (χ1) is 15.0. The predicted octanol–water partition coefficient (Wildman–Crippen LogP) is 5.20. The Kier molecular flexibility index (Phi) is 4.73. The fourth-order valence-electron chi connectivity index (χ4n) is 3.68. The molecule has 0 unspecified atom stereocenters. The quantitative estimate of drug-likeness (QED) is 0.485. The van der Waals surface area contributed by atoms with Gasteiger partial charge in [-0.05, 0) is 61.7 Å². The molecule has 0 atom stereocenters. The zero-order valence-electron chi connectivity index (χ0n) is 16.9. The molecular formula is C24H20F2N4O. The second kappa shape index (κ2) is 7.58. The summed E-state index contributed by atoms with van der Waals surface area (Å²) in [6, 6.07) is 12.3. The number of hydrogen-bond acceptors (Lipinski definition) is 3. The molecule has 7 heteroatoms. The number of fused-ring (bicyclic) bond motifs is 1. The molecule has 156 valence electrons. The van der Waals surface area contributed by atoms with Gasteiger partial charge in [0.15, 0.2) is 0 Å². The highest BCUT2D eigenvalue weighted by molar-refractivity contribution is 6.12. The molecule has 2 aromatic heterocycles. The van der Waals surface area contributed by atoms with Crippen molar-refractivity contribution < 1.29 is 13.6 Å². The number of anilines is 1. The molecule has 0 aliphatic heterocycles. The van der Waals surface area contributed by atoms with Gasteiger partial charge in [-0.25, -0.2) is 8.78 Å². The van der Waals surface area contributed by atoms with Crippen LogP contribution in [0.2, 0.25) is 0 Å². The van der Waals surface area contributed by atoms with E-state index in [1.165, 1.54) is 24.3 Å². The highest BCUT2D eigenvalue weighted by Gasteiger charge is 2.27. The second-order valence-corrected chi connectivity index (χ2v) is 7.91. The molecule has 2 heterocycles. The van der Waals surface area contributed by atoms with Crippen LogP contribution in [0.5, 0.6) is 0 Å². The highest BCUT2D eigenvalue weighted by atomic mass is 19.1. The third-order valence-corrected chi connectivity index (χ3v) is 5.63. The van der Waals surface area contributed by atoms with Crippen molar-refractivity contribution in [1.29, 1.82) is 0 Å². The lowest BCUT2D eigenvalue weighted by Crippen LogP contribution is -2.14. The summed E-state index contributed by atoms with van der Waals surface area (Å²) >= 11 is 0. The van der Waals surface area contributed by atoms with Gasteiger partial charge in [-0.1, -0.05) is 12.1 Å². The number of hydrogen-bond donors (Lipinski definition) is 1. The molecule has 0 radical (unpaired) electrons. The molecule has 4 aromatic rings. The maximum absolute atomic E-state index is 13.9. The Morgan fingerprint density at radius 3 is 2.58 bits per heavy atom. The summed E-state index contributed by atoms with van der Waals surface area (Å²) in [7, 11) is 0. The summed E-state index contributed by atoms with van der Waals surface area (Å²) in [5.74, 6) is -0.670. The van der Waals surface area contributed by atoms with E-state index in [1.807, 2.05) is 6.92 Å². The molecule has 1 amide bonds. The Bertz CT molecular complexity index is 1290. The zero-order valence-corrected chi connectivity index (χ0v) is 16.9. The van der Waals surface area contributed by atoms with Crippen molar-refractivity contribution in [3.8, 4) is 0 Å². The molecule has 1 saturated carbocycles. The Hall–Kier alpha value is -3.61. The van der Waals surface area contributed by atoms with Crippen LogP contribution in [-0.2, 0) is 6.54 Å². The number of amides is 1. The average Bonchev–Trinajstić information content (AvgIpc) is 3.56. The van der Waals surface area contributed by atoms with Crippen molar-refractivity contribution in [3.05, 3.63) is 88.9 Å². The van der Waals surface area contributed by atoms with Gasteiger partial charge < -0.3 is 5.32 Å². The highest BCUT2D eigenvalue weighted by Crippen LogP contribution is 2.40. The van der Waals surface area contributed by atoms with Gasteiger partial charge in [0.25, 0.3) is 5.91 Å². The number of halogens is 2. The lowest BCUT2D eigenvalue weighted by atomic mass is 10.0. The largest absolute Gasteiger partial charge is 0.319 e. The van der Waals surface area contributed by atoms with Gasteiger partial charge in [0.1, 0.15) is 11.6 Å². The lowest BCUT2D eigenvalue weighted by Gasteiger charge is -2.11. The van der Waals surface area contributed by atoms with Gasteiger partial charge in [0.2, 0.25) is 0 Å². The van der Waals surface area contributed by atoms with E-state index in [-0.39, 0.29) is 11.7 Å². The Morgan fingerprint density at radius 1 is 1.10 bits per heavy atom. The average molecular weight is 418 g/mol. The molecular weight excluding hydrogens is 398 g/mol. The van der Waals surface area contributed by atoms with E-state index in [0.29, 0.717) is 34.6 Å². The van der Waals surface area contributed by atoms with Crippen LogP contribution < -0.4 is 5.32 Å². The summed E-state index contributed by atoms with van der Waals surface area (Å²) < 4.78 is 28.8. The summed E-state index contributed by atoms with van der Waals surface area (Å²) in [6.07, 6.45) is 3.69. The number of nitrogens with one attached hydrogen (secondary N) is 1. The van der Waals surface area contributed by atoms with Gasteiger partial charge in [-0.15, -0.1) is 0 Å².